The fourth-order valence-electron chi connectivity index (χ4n) is 4.94. The molecular weight excluding hydrogens is 456 g/mol. The molecule has 2 aliphatic heterocycles. The SMILES string of the molecule is CCC(CNc1nc2c(S(=O)(=O)N3[C@@H]4CC[C@H]3CC(OC)C4)c(Cl)ccc2s1)N(C)C. The molecule has 2 unspecified atom stereocenters. The van der Waals surface area contributed by atoms with Crippen LogP contribution in [0.3, 0.4) is 0 Å². The maximum absolute atomic E-state index is 13.8. The molecule has 3 heterocycles. The maximum Gasteiger partial charge on any atom is 0.247 e. The maximum atomic E-state index is 13.8. The number of piperidine rings is 1. The van der Waals surface area contributed by atoms with E-state index in [2.05, 4.69) is 36.2 Å². The number of sulfonamides is 1. The average Bonchev–Trinajstić information content (AvgIpc) is 3.26. The summed E-state index contributed by atoms with van der Waals surface area (Å²) in [6, 6.07) is 3.82. The second-order valence-electron chi connectivity index (χ2n) is 8.70. The van der Waals surface area contributed by atoms with Crippen molar-refractivity contribution in [3.8, 4) is 0 Å². The highest BCUT2D eigenvalue weighted by atomic mass is 35.5. The molecule has 0 aliphatic carbocycles. The standard InChI is InChI=1S/C21H31ClN4O3S2/c1-5-13(25(2)3)12-23-21-24-19-18(30-21)9-8-17(22)20(19)31(27,28)26-14-6-7-15(26)11-16(10-14)29-4/h8-9,13-16H,5-7,10-12H2,1-4H3,(H,23,24)/t13?,14-,15+,16?. The van der Waals surface area contributed by atoms with E-state index in [4.69, 9.17) is 16.3 Å². The minimum absolute atomic E-state index is 0.0401. The highest BCUT2D eigenvalue weighted by Crippen LogP contribution is 2.44. The number of likely N-dealkylation sites (N-methyl/N-ethyl adjacent to an activating group) is 1. The number of rotatable bonds is 8. The van der Waals surface area contributed by atoms with Crippen molar-refractivity contribution in [2.45, 2.75) is 68.2 Å². The summed E-state index contributed by atoms with van der Waals surface area (Å²) >= 11 is 7.95. The van der Waals surface area contributed by atoms with Gasteiger partial charge in [-0.2, -0.15) is 4.31 Å². The molecule has 7 nitrogen and oxygen atoms in total. The second-order valence-corrected chi connectivity index (χ2v) is 11.9. The van der Waals surface area contributed by atoms with Gasteiger partial charge in [0.2, 0.25) is 10.0 Å². The van der Waals surface area contributed by atoms with Crippen molar-refractivity contribution in [3.05, 3.63) is 17.2 Å². The molecule has 2 fully saturated rings. The predicted molar refractivity (Wildman–Crippen MR) is 127 cm³/mol. The van der Waals surface area contributed by atoms with Crippen LogP contribution in [0.5, 0.6) is 0 Å². The summed E-state index contributed by atoms with van der Waals surface area (Å²) in [4.78, 5) is 6.99. The Kier molecular flexibility index (Phi) is 6.82. The van der Waals surface area contributed by atoms with E-state index in [1.54, 1.807) is 17.5 Å². The van der Waals surface area contributed by atoms with Crippen LogP contribution in [-0.4, -0.2) is 74.6 Å². The van der Waals surface area contributed by atoms with Gasteiger partial charge in [0.25, 0.3) is 0 Å². The zero-order chi connectivity index (χ0) is 22.3. The molecular formula is C21H31ClN4O3S2. The lowest BCUT2D eigenvalue weighted by atomic mass is 10.0. The van der Waals surface area contributed by atoms with E-state index in [9.17, 15) is 8.42 Å². The molecule has 10 heteroatoms. The Morgan fingerprint density at radius 2 is 2.00 bits per heavy atom. The third kappa shape index (κ3) is 4.32. The topological polar surface area (TPSA) is 74.8 Å². The van der Waals surface area contributed by atoms with E-state index in [0.717, 1.165) is 48.5 Å². The Balaban J connectivity index is 1.67. The number of nitrogens with zero attached hydrogens (tertiary/aromatic N) is 3. The molecule has 172 valence electrons. The first-order chi connectivity index (χ1) is 14.8. The van der Waals surface area contributed by atoms with Crippen molar-refractivity contribution in [3.63, 3.8) is 0 Å². The van der Waals surface area contributed by atoms with Crippen molar-refractivity contribution in [2.75, 3.05) is 33.1 Å². The summed E-state index contributed by atoms with van der Waals surface area (Å²) in [7, 11) is 2.05. The number of benzene rings is 1. The Bertz CT molecular complexity index is 1030. The van der Waals surface area contributed by atoms with Crippen molar-refractivity contribution >= 4 is 48.3 Å². The normalized spacial score (nSPS) is 25.4. The molecule has 4 atom stereocenters. The van der Waals surface area contributed by atoms with Crippen LogP contribution in [0.4, 0.5) is 5.13 Å². The van der Waals surface area contributed by atoms with Gasteiger partial charge in [0.1, 0.15) is 10.4 Å². The number of fused-ring (bicyclic) bond motifs is 3. The molecule has 2 bridgehead atoms. The van der Waals surface area contributed by atoms with Crippen LogP contribution in [0.15, 0.2) is 17.0 Å². The van der Waals surface area contributed by atoms with Crippen LogP contribution in [0, 0.1) is 0 Å². The number of ether oxygens (including phenoxy) is 1. The summed E-state index contributed by atoms with van der Waals surface area (Å²) in [5.41, 5.74) is 0.464. The first-order valence-corrected chi connectivity index (χ1v) is 13.4. The van der Waals surface area contributed by atoms with Gasteiger partial charge in [-0.1, -0.05) is 29.9 Å². The summed E-state index contributed by atoms with van der Waals surface area (Å²) < 4.78 is 35.7. The largest absolute Gasteiger partial charge is 0.381 e. The van der Waals surface area contributed by atoms with Gasteiger partial charge in [-0.15, -0.1) is 0 Å². The number of aromatic nitrogens is 1. The number of methoxy groups -OCH3 is 1. The van der Waals surface area contributed by atoms with Crippen molar-refractivity contribution in [2.24, 2.45) is 0 Å². The first kappa shape index (κ1) is 23.2. The number of hydrogen-bond acceptors (Lipinski definition) is 7. The van der Waals surface area contributed by atoms with Gasteiger partial charge in [-0.3, -0.25) is 0 Å². The predicted octanol–water partition coefficient (Wildman–Crippen LogP) is 4.03. The molecule has 0 amide bonds. The molecule has 0 saturated carbocycles. The average molecular weight is 487 g/mol. The fraction of sp³-hybridized carbons (Fsp3) is 0.667. The van der Waals surface area contributed by atoms with Gasteiger partial charge >= 0.3 is 0 Å². The molecule has 4 rings (SSSR count). The second kappa shape index (κ2) is 9.11. The third-order valence-corrected chi connectivity index (χ3v) is 10.1. The van der Waals surface area contributed by atoms with Gasteiger partial charge in [-0.25, -0.2) is 13.4 Å². The third-order valence-electron chi connectivity index (χ3n) is 6.65. The quantitative estimate of drug-likeness (QED) is 0.607. The number of hydrogen-bond donors (Lipinski definition) is 1. The molecule has 2 aromatic rings. The lowest BCUT2D eigenvalue weighted by molar-refractivity contribution is 0.0349. The Morgan fingerprint density at radius 3 is 2.58 bits per heavy atom. The van der Waals surface area contributed by atoms with Gasteiger partial charge < -0.3 is 15.0 Å². The molecule has 0 radical (unpaired) electrons. The van der Waals surface area contributed by atoms with E-state index in [-0.39, 0.29) is 28.1 Å². The number of halogens is 1. The molecule has 1 aromatic heterocycles. The van der Waals surface area contributed by atoms with Crippen molar-refractivity contribution < 1.29 is 13.2 Å². The Labute approximate surface area is 193 Å². The number of thiazole rings is 1. The zero-order valence-electron chi connectivity index (χ0n) is 18.5. The van der Waals surface area contributed by atoms with Crippen LogP contribution in [0.2, 0.25) is 5.02 Å². The van der Waals surface area contributed by atoms with Crippen LogP contribution in [0.25, 0.3) is 10.2 Å². The number of anilines is 1. The molecule has 2 aliphatic rings. The summed E-state index contributed by atoms with van der Waals surface area (Å²) in [5, 5.41) is 4.34. The monoisotopic (exact) mass is 486 g/mol. The Morgan fingerprint density at radius 1 is 1.32 bits per heavy atom. The van der Waals surface area contributed by atoms with Gasteiger partial charge in [0.05, 0.1) is 15.8 Å². The van der Waals surface area contributed by atoms with Crippen LogP contribution >= 0.6 is 22.9 Å². The fourth-order valence-corrected chi connectivity index (χ4v) is 8.42. The van der Waals surface area contributed by atoms with Crippen LogP contribution < -0.4 is 5.32 Å². The summed E-state index contributed by atoms with van der Waals surface area (Å²) in [6.07, 6.45) is 4.32. The lowest BCUT2D eigenvalue weighted by Gasteiger charge is -2.37. The lowest BCUT2D eigenvalue weighted by Crippen LogP contribution is -2.48. The van der Waals surface area contributed by atoms with Crippen molar-refractivity contribution in [1.29, 1.82) is 0 Å². The minimum atomic E-state index is -3.77. The van der Waals surface area contributed by atoms with E-state index in [0.29, 0.717) is 11.6 Å². The zero-order valence-corrected chi connectivity index (χ0v) is 20.9. The smallest absolute Gasteiger partial charge is 0.247 e. The highest BCUT2D eigenvalue weighted by molar-refractivity contribution is 7.89. The van der Waals surface area contributed by atoms with Gasteiger partial charge in [0, 0.05) is 31.8 Å². The van der Waals surface area contributed by atoms with E-state index in [1.807, 2.05) is 6.07 Å². The first-order valence-electron chi connectivity index (χ1n) is 10.8. The Hall–Kier alpha value is -0.970. The summed E-state index contributed by atoms with van der Waals surface area (Å²) in [6.45, 7) is 2.89. The van der Waals surface area contributed by atoms with E-state index >= 15 is 0 Å². The van der Waals surface area contributed by atoms with E-state index < -0.39 is 10.0 Å². The number of nitrogens with one attached hydrogen (secondary N) is 1. The van der Waals surface area contributed by atoms with E-state index in [1.165, 1.54) is 11.3 Å². The van der Waals surface area contributed by atoms with Crippen LogP contribution in [-0.2, 0) is 14.8 Å². The highest BCUT2D eigenvalue weighted by Gasteiger charge is 2.48. The van der Waals surface area contributed by atoms with Gasteiger partial charge in [0.15, 0.2) is 5.13 Å². The molecule has 1 N–H and O–H groups in total. The van der Waals surface area contributed by atoms with Gasteiger partial charge in [-0.05, 0) is 58.3 Å². The summed E-state index contributed by atoms with van der Waals surface area (Å²) in [5.74, 6) is 0. The molecule has 0 spiro atoms. The molecule has 2 saturated heterocycles. The molecule has 1 aromatic carbocycles. The van der Waals surface area contributed by atoms with Crippen molar-refractivity contribution in [1.82, 2.24) is 14.2 Å². The molecule has 31 heavy (non-hydrogen) atoms. The van der Waals surface area contributed by atoms with Crippen LogP contribution in [0.1, 0.15) is 39.0 Å². The minimum Gasteiger partial charge on any atom is -0.381 e.